The molecule has 2 heterocycles. The highest BCUT2D eigenvalue weighted by atomic mass is 19.1. The second kappa shape index (κ2) is 7.42. The summed E-state index contributed by atoms with van der Waals surface area (Å²) in [5.74, 6) is -2.00. The number of hydrogen-bond donors (Lipinski definition) is 1. The van der Waals surface area contributed by atoms with E-state index in [2.05, 4.69) is 4.98 Å². The minimum Gasteiger partial charge on any atom is -0.481 e. The van der Waals surface area contributed by atoms with Crippen LogP contribution >= 0.6 is 0 Å². The second-order valence-corrected chi connectivity index (χ2v) is 6.18. The van der Waals surface area contributed by atoms with E-state index < -0.39 is 17.9 Å². The Labute approximate surface area is 145 Å². The number of carboxylic acids is 1. The summed E-state index contributed by atoms with van der Waals surface area (Å²) in [4.78, 5) is 29.8. The summed E-state index contributed by atoms with van der Waals surface area (Å²) >= 11 is 0. The quantitative estimate of drug-likeness (QED) is 0.907. The first-order valence-corrected chi connectivity index (χ1v) is 8.23. The number of pyridine rings is 1. The number of benzene rings is 1. The number of aromatic nitrogens is 1. The van der Waals surface area contributed by atoms with E-state index in [-0.39, 0.29) is 18.1 Å². The monoisotopic (exact) mass is 342 g/mol. The lowest BCUT2D eigenvalue weighted by Crippen LogP contribution is -2.46. The van der Waals surface area contributed by atoms with Gasteiger partial charge in [0.25, 0.3) is 0 Å². The third-order valence-corrected chi connectivity index (χ3v) is 4.58. The Balaban J connectivity index is 1.86. The fourth-order valence-corrected chi connectivity index (χ4v) is 3.38. The van der Waals surface area contributed by atoms with Gasteiger partial charge in [0.05, 0.1) is 12.0 Å². The number of aliphatic carboxylic acids is 1. The Bertz CT molecular complexity index is 766. The van der Waals surface area contributed by atoms with Crippen LogP contribution in [0.5, 0.6) is 0 Å². The minimum atomic E-state index is -0.919. The molecule has 1 amide bonds. The summed E-state index contributed by atoms with van der Waals surface area (Å²) in [6.45, 7) is 0.339. The molecule has 2 unspecified atom stereocenters. The van der Waals surface area contributed by atoms with Crippen LogP contribution in [0.1, 0.15) is 30.0 Å². The Morgan fingerprint density at radius 1 is 1.32 bits per heavy atom. The third kappa shape index (κ3) is 3.84. The van der Waals surface area contributed by atoms with Gasteiger partial charge in [-0.15, -0.1) is 0 Å². The zero-order valence-corrected chi connectivity index (χ0v) is 13.6. The zero-order chi connectivity index (χ0) is 17.8. The van der Waals surface area contributed by atoms with Crippen LogP contribution in [0, 0.1) is 11.7 Å². The van der Waals surface area contributed by atoms with Crippen molar-refractivity contribution in [2.45, 2.75) is 25.3 Å². The van der Waals surface area contributed by atoms with Crippen molar-refractivity contribution < 1.29 is 19.1 Å². The molecule has 0 saturated carbocycles. The molecule has 3 rings (SSSR count). The van der Waals surface area contributed by atoms with Gasteiger partial charge in [-0.05, 0) is 42.2 Å². The average molecular weight is 342 g/mol. The van der Waals surface area contributed by atoms with Gasteiger partial charge in [-0.1, -0.05) is 18.2 Å². The highest BCUT2D eigenvalue weighted by Crippen LogP contribution is 2.36. The first-order valence-electron chi connectivity index (χ1n) is 8.23. The van der Waals surface area contributed by atoms with Crippen LogP contribution in [0.3, 0.4) is 0 Å². The summed E-state index contributed by atoms with van der Waals surface area (Å²) in [7, 11) is 0. The summed E-state index contributed by atoms with van der Waals surface area (Å²) in [6, 6.07) is 9.20. The molecule has 6 heteroatoms. The predicted molar refractivity (Wildman–Crippen MR) is 89.2 cm³/mol. The summed E-state index contributed by atoms with van der Waals surface area (Å²) < 4.78 is 13.4. The Morgan fingerprint density at radius 3 is 2.84 bits per heavy atom. The maximum atomic E-state index is 13.4. The number of carboxylic acid groups (broad SMARTS) is 1. The summed E-state index contributed by atoms with van der Waals surface area (Å²) in [5, 5.41) is 9.59. The van der Waals surface area contributed by atoms with Crippen LogP contribution in [0.25, 0.3) is 0 Å². The van der Waals surface area contributed by atoms with Crippen molar-refractivity contribution in [1.82, 2.24) is 9.88 Å². The van der Waals surface area contributed by atoms with Crippen LogP contribution in [-0.2, 0) is 16.0 Å². The first kappa shape index (κ1) is 17.1. The SMILES string of the molecule is O=C(O)C1CCC(=O)N(CCc2cccc(F)c2)C1c1cccnc1. The molecule has 2 aromatic rings. The molecular formula is C19H19FN2O3. The van der Waals surface area contributed by atoms with Crippen molar-refractivity contribution in [2.75, 3.05) is 6.54 Å². The maximum absolute atomic E-state index is 13.4. The fraction of sp³-hybridized carbons (Fsp3) is 0.316. The van der Waals surface area contributed by atoms with Crippen LogP contribution in [0.4, 0.5) is 4.39 Å². The van der Waals surface area contributed by atoms with Gasteiger partial charge in [0.2, 0.25) is 5.91 Å². The van der Waals surface area contributed by atoms with E-state index in [1.807, 2.05) is 0 Å². The van der Waals surface area contributed by atoms with Gasteiger partial charge >= 0.3 is 5.97 Å². The van der Waals surface area contributed by atoms with Crippen molar-refractivity contribution in [3.63, 3.8) is 0 Å². The molecule has 0 spiro atoms. The van der Waals surface area contributed by atoms with E-state index >= 15 is 0 Å². The minimum absolute atomic E-state index is 0.0808. The number of likely N-dealkylation sites (tertiary alicyclic amines) is 1. The smallest absolute Gasteiger partial charge is 0.308 e. The van der Waals surface area contributed by atoms with E-state index in [0.717, 1.165) is 5.56 Å². The number of rotatable bonds is 5. The van der Waals surface area contributed by atoms with Crippen molar-refractivity contribution in [3.05, 3.63) is 65.7 Å². The number of piperidine rings is 1. The molecule has 1 aromatic carbocycles. The van der Waals surface area contributed by atoms with Gasteiger partial charge in [-0.25, -0.2) is 4.39 Å². The predicted octanol–water partition coefficient (Wildman–Crippen LogP) is 2.83. The van der Waals surface area contributed by atoms with Crippen LogP contribution < -0.4 is 0 Å². The van der Waals surface area contributed by atoms with Crippen molar-refractivity contribution in [3.8, 4) is 0 Å². The molecule has 1 fully saturated rings. The van der Waals surface area contributed by atoms with Crippen molar-refractivity contribution in [2.24, 2.45) is 5.92 Å². The zero-order valence-electron chi connectivity index (χ0n) is 13.6. The molecule has 1 aromatic heterocycles. The van der Waals surface area contributed by atoms with E-state index in [1.165, 1.54) is 12.1 Å². The lowest BCUT2D eigenvalue weighted by molar-refractivity contribution is -0.152. The van der Waals surface area contributed by atoms with E-state index in [1.54, 1.807) is 41.6 Å². The molecular weight excluding hydrogens is 323 g/mol. The van der Waals surface area contributed by atoms with Gasteiger partial charge in [0.1, 0.15) is 5.82 Å². The number of halogens is 1. The number of carbonyl (C=O) groups is 2. The highest BCUT2D eigenvalue weighted by molar-refractivity contribution is 5.81. The molecule has 0 aliphatic carbocycles. The molecule has 1 N–H and O–H groups in total. The Morgan fingerprint density at radius 2 is 2.16 bits per heavy atom. The van der Waals surface area contributed by atoms with Crippen LogP contribution in [-0.4, -0.2) is 33.4 Å². The molecule has 5 nitrogen and oxygen atoms in total. The van der Waals surface area contributed by atoms with Gasteiger partial charge in [0, 0.05) is 25.4 Å². The number of nitrogens with zero attached hydrogens (tertiary/aromatic N) is 2. The second-order valence-electron chi connectivity index (χ2n) is 6.18. The molecule has 1 saturated heterocycles. The van der Waals surface area contributed by atoms with E-state index in [4.69, 9.17) is 0 Å². The highest BCUT2D eigenvalue weighted by Gasteiger charge is 2.40. The molecule has 0 radical (unpaired) electrons. The molecule has 1 aliphatic rings. The Kier molecular flexibility index (Phi) is 5.07. The maximum Gasteiger partial charge on any atom is 0.308 e. The van der Waals surface area contributed by atoms with E-state index in [0.29, 0.717) is 24.9 Å². The normalized spacial score (nSPS) is 20.5. The molecule has 1 aliphatic heterocycles. The van der Waals surface area contributed by atoms with Gasteiger partial charge in [-0.3, -0.25) is 14.6 Å². The molecule has 130 valence electrons. The third-order valence-electron chi connectivity index (χ3n) is 4.58. The number of amides is 1. The molecule has 2 atom stereocenters. The first-order chi connectivity index (χ1) is 12.1. The lowest BCUT2D eigenvalue weighted by atomic mass is 9.84. The van der Waals surface area contributed by atoms with Gasteiger partial charge in [0.15, 0.2) is 0 Å². The summed E-state index contributed by atoms with van der Waals surface area (Å²) in [5.41, 5.74) is 1.48. The number of hydrogen-bond acceptors (Lipinski definition) is 3. The van der Waals surface area contributed by atoms with Crippen LogP contribution in [0.15, 0.2) is 48.8 Å². The van der Waals surface area contributed by atoms with Crippen molar-refractivity contribution in [1.29, 1.82) is 0 Å². The van der Waals surface area contributed by atoms with Crippen molar-refractivity contribution >= 4 is 11.9 Å². The average Bonchev–Trinajstić information content (AvgIpc) is 2.61. The topological polar surface area (TPSA) is 70.5 Å². The number of carbonyl (C=O) groups excluding carboxylic acids is 1. The summed E-state index contributed by atoms with van der Waals surface area (Å²) in [6.07, 6.45) is 4.20. The standard InChI is InChI=1S/C19H19FN2O3/c20-15-5-1-3-13(11-15)8-10-22-17(23)7-6-16(19(24)25)18(22)14-4-2-9-21-12-14/h1-5,9,11-12,16,18H,6-8,10H2,(H,24,25). The lowest BCUT2D eigenvalue weighted by Gasteiger charge is -2.39. The van der Waals surface area contributed by atoms with Crippen LogP contribution in [0.2, 0.25) is 0 Å². The van der Waals surface area contributed by atoms with Gasteiger partial charge < -0.3 is 10.0 Å². The Hall–Kier alpha value is -2.76. The van der Waals surface area contributed by atoms with Gasteiger partial charge in [-0.2, -0.15) is 0 Å². The molecule has 0 bridgehead atoms. The molecule has 25 heavy (non-hydrogen) atoms. The van der Waals surface area contributed by atoms with E-state index in [9.17, 15) is 19.1 Å². The fourth-order valence-electron chi connectivity index (χ4n) is 3.38. The largest absolute Gasteiger partial charge is 0.481 e.